The van der Waals surface area contributed by atoms with Crippen LogP contribution >= 0.6 is 90.4 Å². The van der Waals surface area contributed by atoms with Gasteiger partial charge in [0.2, 0.25) is 5.43 Å². The van der Waals surface area contributed by atoms with Gasteiger partial charge in [-0.15, -0.1) is 0 Å². The second kappa shape index (κ2) is 16.2. The number of carbonyl (C=O) groups is 1. The second-order valence-corrected chi connectivity index (χ2v) is 13.3. The van der Waals surface area contributed by atoms with Gasteiger partial charge in [-0.2, -0.15) is 0 Å². The average molecular weight is 1060 g/mol. The minimum Gasteiger partial charge on any atom is -0.871 e. The first-order valence-corrected chi connectivity index (χ1v) is 16.3. The SMILES string of the molecule is NCc1cc2ccccc2oc1=O.O=C([O-])c1ccccc1-c1c2cc(I)c(=O)c(I)c-2oc2c(I)c([O-])c(I)cc12.[Na+].[Na+]. The molecular formula is C30H15I4NNa2O7. The Balaban J connectivity index is 0.000000297. The molecule has 1 aromatic heterocycles. The van der Waals surface area contributed by atoms with E-state index in [1.54, 1.807) is 42.5 Å². The third-order valence-electron chi connectivity index (χ3n) is 6.36. The van der Waals surface area contributed by atoms with Gasteiger partial charge >= 0.3 is 64.7 Å². The molecule has 212 valence electrons. The fourth-order valence-electron chi connectivity index (χ4n) is 4.40. The number of nitrogens with two attached hydrogens (primary N) is 1. The smallest absolute Gasteiger partial charge is 0.871 e. The normalized spacial score (nSPS) is 10.6. The van der Waals surface area contributed by atoms with Crippen molar-refractivity contribution in [1.82, 2.24) is 0 Å². The summed E-state index contributed by atoms with van der Waals surface area (Å²) in [5.41, 5.74) is 7.95. The number of aromatic carboxylic acids is 1. The van der Waals surface area contributed by atoms with Crippen LogP contribution in [0.15, 0.2) is 85.2 Å². The largest absolute Gasteiger partial charge is 1.00 e. The van der Waals surface area contributed by atoms with E-state index >= 15 is 0 Å². The molecule has 1 aliphatic heterocycles. The molecule has 0 spiro atoms. The summed E-state index contributed by atoms with van der Waals surface area (Å²) in [5, 5.41) is 25.8. The molecule has 0 fully saturated rings. The van der Waals surface area contributed by atoms with Gasteiger partial charge in [-0.1, -0.05) is 48.2 Å². The Morgan fingerprint density at radius 1 is 0.818 bits per heavy atom. The van der Waals surface area contributed by atoms with Crippen LogP contribution in [-0.4, -0.2) is 5.97 Å². The fraction of sp³-hybridized carbons (Fsp3) is 0.0333. The number of hydrogen-bond donors (Lipinski definition) is 1. The summed E-state index contributed by atoms with van der Waals surface area (Å²) >= 11 is 7.76. The summed E-state index contributed by atoms with van der Waals surface area (Å²) in [7, 11) is 0. The molecule has 4 aromatic rings. The quantitative estimate of drug-likeness (QED) is 0.110. The van der Waals surface area contributed by atoms with Crippen molar-refractivity contribution >= 4 is 118 Å². The van der Waals surface area contributed by atoms with Gasteiger partial charge in [0.15, 0.2) is 5.76 Å². The van der Waals surface area contributed by atoms with Gasteiger partial charge in [0, 0.05) is 41.1 Å². The minimum atomic E-state index is -1.31. The number of benzene rings is 4. The maximum Gasteiger partial charge on any atom is 1.00 e. The van der Waals surface area contributed by atoms with E-state index in [0.717, 1.165) is 5.39 Å². The van der Waals surface area contributed by atoms with Crippen LogP contribution in [-0.2, 0) is 6.54 Å². The van der Waals surface area contributed by atoms with Crippen LogP contribution in [0.5, 0.6) is 5.75 Å². The Labute approximate surface area is 349 Å². The topological polar surface area (TPSA) is 150 Å². The number of fused-ring (bicyclic) bond motifs is 3. The van der Waals surface area contributed by atoms with Crippen LogP contribution in [0.1, 0.15) is 15.9 Å². The minimum absolute atomic E-state index is 0. The summed E-state index contributed by atoms with van der Waals surface area (Å²) in [6, 6.07) is 19.0. The molecule has 2 heterocycles. The van der Waals surface area contributed by atoms with Crippen molar-refractivity contribution in [3.8, 4) is 28.2 Å². The molecule has 0 amide bonds. The Bertz CT molecular complexity index is 2130. The predicted octanol–water partition coefficient (Wildman–Crippen LogP) is -0.320. The molecule has 3 aromatic carbocycles. The van der Waals surface area contributed by atoms with Crippen LogP contribution in [0.25, 0.3) is 44.4 Å². The molecule has 0 radical (unpaired) electrons. The maximum atomic E-state index is 12.5. The average Bonchev–Trinajstić information content (AvgIpc) is 2.98. The molecule has 14 heteroatoms. The van der Waals surface area contributed by atoms with Gasteiger partial charge in [-0.05, 0) is 120 Å². The Kier molecular flexibility index (Phi) is 14.1. The molecule has 1 aliphatic carbocycles. The second-order valence-electron chi connectivity index (χ2n) is 8.87. The van der Waals surface area contributed by atoms with Crippen molar-refractivity contribution in [1.29, 1.82) is 0 Å². The first kappa shape index (κ1) is 38.2. The third kappa shape index (κ3) is 7.55. The Morgan fingerprint density at radius 3 is 2.16 bits per heavy atom. The number of carbonyl (C=O) groups excluding carboxylic acids is 1. The molecule has 6 rings (SSSR count). The van der Waals surface area contributed by atoms with Crippen LogP contribution < -0.4 is 86.1 Å². The van der Waals surface area contributed by atoms with Crippen molar-refractivity contribution in [2.24, 2.45) is 5.73 Å². The monoisotopic (exact) mass is 1050 g/mol. The Morgan fingerprint density at radius 2 is 1.48 bits per heavy atom. The molecular weight excluding hydrogens is 1040 g/mol. The molecule has 0 saturated heterocycles. The van der Waals surface area contributed by atoms with Crippen molar-refractivity contribution in [3.63, 3.8) is 0 Å². The molecule has 0 unspecified atom stereocenters. The van der Waals surface area contributed by atoms with E-state index in [1.165, 1.54) is 6.07 Å². The molecule has 8 nitrogen and oxygen atoms in total. The summed E-state index contributed by atoms with van der Waals surface area (Å²) in [6.07, 6.45) is 0. The van der Waals surface area contributed by atoms with E-state index < -0.39 is 5.97 Å². The predicted molar refractivity (Wildman–Crippen MR) is 190 cm³/mol. The molecule has 2 N–H and O–H groups in total. The van der Waals surface area contributed by atoms with Crippen molar-refractivity contribution < 1.29 is 83.0 Å². The van der Waals surface area contributed by atoms with Crippen molar-refractivity contribution in [2.45, 2.75) is 6.54 Å². The van der Waals surface area contributed by atoms with Gasteiger partial charge < -0.3 is 29.6 Å². The van der Waals surface area contributed by atoms with Gasteiger partial charge in [0.1, 0.15) is 14.7 Å². The van der Waals surface area contributed by atoms with Crippen LogP contribution in [0.4, 0.5) is 0 Å². The zero-order valence-corrected chi connectivity index (χ0v) is 35.6. The zero-order valence-electron chi connectivity index (χ0n) is 23.0. The van der Waals surface area contributed by atoms with Crippen LogP contribution in [0, 0.1) is 14.3 Å². The molecule has 44 heavy (non-hydrogen) atoms. The number of hydrogen-bond acceptors (Lipinski definition) is 8. The number of carboxylic acids is 1. The third-order valence-corrected chi connectivity index (χ3v) is 9.92. The molecule has 0 bridgehead atoms. The number of rotatable bonds is 3. The van der Waals surface area contributed by atoms with E-state index in [2.05, 4.69) is 0 Å². The van der Waals surface area contributed by atoms with E-state index in [0.29, 0.717) is 58.8 Å². The van der Waals surface area contributed by atoms with Crippen molar-refractivity contribution in [2.75, 3.05) is 0 Å². The summed E-state index contributed by atoms with van der Waals surface area (Å²) < 4.78 is 12.8. The first-order chi connectivity index (χ1) is 20.0. The first-order valence-electron chi connectivity index (χ1n) is 12.0. The van der Waals surface area contributed by atoms with Gasteiger partial charge in [-0.25, -0.2) is 4.79 Å². The summed E-state index contributed by atoms with van der Waals surface area (Å²) in [4.78, 5) is 35.5. The molecule has 0 atom stereocenters. The van der Waals surface area contributed by atoms with Crippen LogP contribution in [0.2, 0.25) is 0 Å². The standard InChI is InChI=1S/C20H8I4O5.C10H9NO2.2Na/c21-11-5-9-13(7-3-1-2-4-8(7)20(27)28)10-6-12(22)17(26)15(24)19(10)29-18(9)14(23)16(11)25;11-6-8-5-7-3-1-2-4-9(7)13-10(8)12;;/h1-6,25H,(H,27,28);1-5H,6,11H2;;/q;;2*+1/p-2. The van der Waals surface area contributed by atoms with Gasteiger partial charge in [0.05, 0.1) is 15.1 Å². The van der Waals surface area contributed by atoms with E-state index in [1.807, 2.05) is 109 Å². The van der Waals surface area contributed by atoms with Gasteiger partial charge in [-0.3, -0.25) is 4.79 Å². The van der Waals surface area contributed by atoms with E-state index in [4.69, 9.17) is 14.6 Å². The zero-order chi connectivity index (χ0) is 30.3. The van der Waals surface area contributed by atoms with E-state index in [9.17, 15) is 24.6 Å². The number of halogens is 4. The number of carboxylic acid groups (broad SMARTS) is 1. The van der Waals surface area contributed by atoms with Crippen molar-refractivity contribution in [3.05, 3.63) is 113 Å². The van der Waals surface area contributed by atoms with E-state index in [-0.39, 0.29) is 88.0 Å². The summed E-state index contributed by atoms with van der Waals surface area (Å²) in [5.74, 6) is -1.16. The number of para-hydroxylation sites is 1. The molecule has 0 saturated carbocycles. The van der Waals surface area contributed by atoms with Gasteiger partial charge in [0.25, 0.3) is 0 Å². The fourth-order valence-corrected chi connectivity index (χ4v) is 7.98. The molecule has 2 aliphatic rings. The summed E-state index contributed by atoms with van der Waals surface area (Å²) in [6.45, 7) is 0.215. The van der Waals surface area contributed by atoms with Crippen LogP contribution in [0.3, 0.4) is 0 Å². The maximum absolute atomic E-state index is 12.5. The Hall–Kier alpha value is -0.290.